The average molecular weight is 465 g/mol. The summed E-state index contributed by atoms with van der Waals surface area (Å²) >= 11 is 1.85. The highest BCUT2D eigenvalue weighted by Gasteiger charge is 2.23. The van der Waals surface area contributed by atoms with Crippen LogP contribution >= 0.6 is 11.8 Å². The minimum Gasteiger partial charge on any atom is -0.493 e. The number of imidazole rings is 1. The minimum atomic E-state index is 0.0910. The Morgan fingerprint density at radius 2 is 1.47 bits per heavy atom. The Morgan fingerprint density at radius 3 is 2.26 bits per heavy atom. The van der Waals surface area contributed by atoms with Gasteiger partial charge in [0, 0.05) is 11.4 Å². The number of para-hydroxylation sites is 3. The second kappa shape index (κ2) is 10.6. The summed E-state index contributed by atoms with van der Waals surface area (Å²) in [6.45, 7) is 3.60. The lowest BCUT2D eigenvalue weighted by atomic mass is 10.1. The van der Waals surface area contributed by atoms with Crippen LogP contribution in [0.2, 0.25) is 0 Å². The van der Waals surface area contributed by atoms with E-state index >= 15 is 0 Å². The van der Waals surface area contributed by atoms with Gasteiger partial charge >= 0.3 is 0 Å². The van der Waals surface area contributed by atoms with Gasteiger partial charge in [-0.1, -0.05) is 78.9 Å². The van der Waals surface area contributed by atoms with Gasteiger partial charge in [-0.2, -0.15) is 0 Å². The van der Waals surface area contributed by atoms with Gasteiger partial charge in [-0.15, -0.1) is 11.8 Å². The molecule has 0 radical (unpaired) electrons. The third-order valence-corrected chi connectivity index (χ3v) is 7.16. The summed E-state index contributed by atoms with van der Waals surface area (Å²) in [4.78, 5) is 6.37. The van der Waals surface area contributed by atoms with Crippen molar-refractivity contribution in [3.05, 3.63) is 126 Å². The van der Waals surface area contributed by atoms with Crippen LogP contribution in [0.15, 0.2) is 114 Å². The third kappa shape index (κ3) is 5.02. The van der Waals surface area contributed by atoms with E-state index in [1.165, 1.54) is 21.5 Å². The van der Waals surface area contributed by atoms with E-state index in [1.54, 1.807) is 0 Å². The van der Waals surface area contributed by atoms with Gasteiger partial charge < -0.3 is 9.30 Å². The van der Waals surface area contributed by atoms with Crippen molar-refractivity contribution < 1.29 is 4.74 Å². The first-order valence-corrected chi connectivity index (χ1v) is 12.6. The lowest BCUT2D eigenvalue weighted by molar-refractivity contribution is 0.300. The smallest absolute Gasteiger partial charge is 0.127 e. The molecule has 1 aromatic heterocycles. The molecule has 1 unspecified atom stereocenters. The zero-order chi connectivity index (χ0) is 23.2. The summed E-state index contributed by atoms with van der Waals surface area (Å²) in [6.07, 6.45) is 0.902. The molecule has 0 amide bonds. The van der Waals surface area contributed by atoms with Crippen molar-refractivity contribution in [3.8, 4) is 5.75 Å². The molecule has 1 atom stereocenters. The molecule has 4 aromatic carbocycles. The summed E-state index contributed by atoms with van der Waals surface area (Å²) < 4.78 is 8.47. The molecule has 34 heavy (non-hydrogen) atoms. The molecule has 0 spiro atoms. The lowest BCUT2D eigenvalue weighted by Crippen LogP contribution is -2.11. The molecule has 0 N–H and O–H groups in total. The molecule has 0 saturated heterocycles. The SMILES string of the molecule is Cc1ccccc1OCCCn1c(C(Sc2ccccc2)c2ccccc2)nc2ccccc21. The van der Waals surface area contributed by atoms with Crippen LogP contribution in [0.3, 0.4) is 0 Å². The minimum absolute atomic E-state index is 0.0910. The van der Waals surface area contributed by atoms with Gasteiger partial charge in [-0.05, 0) is 54.8 Å². The Bertz CT molecular complexity index is 1350. The Kier molecular flexibility index (Phi) is 6.97. The lowest BCUT2D eigenvalue weighted by Gasteiger charge is -2.19. The number of hydrogen-bond acceptors (Lipinski definition) is 3. The highest BCUT2D eigenvalue weighted by Crippen LogP contribution is 2.41. The van der Waals surface area contributed by atoms with E-state index in [-0.39, 0.29) is 5.25 Å². The zero-order valence-electron chi connectivity index (χ0n) is 19.3. The molecule has 4 heteroatoms. The fourth-order valence-corrected chi connectivity index (χ4v) is 5.35. The van der Waals surface area contributed by atoms with Crippen LogP contribution < -0.4 is 4.74 Å². The molecule has 5 aromatic rings. The molecule has 0 bridgehead atoms. The van der Waals surface area contributed by atoms with E-state index in [4.69, 9.17) is 9.72 Å². The van der Waals surface area contributed by atoms with Crippen LogP contribution in [0.25, 0.3) is 11.0 Å². The summed E-state index contributed by atoms with van der Waals surface area (Å²) in [5, 5.41) is 0.0910. The highest BCUT2D eigenvalue weighted by atomic mass is 32.2. The predicted molar refractivity (Wildman–Crippen MR) is 142 cm³/mol. The van der Waals surface area contributed by atoms with Gasteiger partial charge in [0.25, 0.3) is 0 Å². The van der Waals surface area contributed by atoms with E-state index in [0.29, 0.717) is 6.61 Å². The zero-order valence-corrected chi connectivity index (χ0v) is 20.1. The van der Waals surface area contributed by atoms with E-state index in [0.717, 1.165) is 30.1 Å². The number of benzene rings is 4. The van der Waals surface area contributed by atoms with Gasteiger partial charge in [-0.3, -0.25) is 0 Å². The monoisotopic (exact) mass is 464 g/mol. The van der Waals surface area contributed by atoms with E-state index in [9.17, 15) is 0 Å². The van der Waals surface area contributed by atoms with E-state index in [2.05, 4.69) is 102 Å². The summed E-state index contributed by atoms with van der Waals surface area (Å²) in [7, 11) is 0. The molecule has 3 nitrogen and oxygen atoms in total. The molecule has 0 fully saturated rings. The number of aryl methyl sites for hydroxylation is 2. The quantitative estimate of drug-likeness (QED) is 0.165. The molecule has 0 aliphatic rings. The van der Waals surface area contributed by atoms with Gasteiger partial charge in [0.05, 0.1) is 22.9 Å². The van der Waals surface area contributed by atoms with Crippen molar-refractivity contribution in [1.29, 1.82) is 0 Å². The summed E-state index contributed by atoms with van der Waals surface area (Å²) in [5.41, 5.74) is 4.62. The second-order valence-corrected chi connectivity index (χ2v) is 9.48. The topological polar surface area (TPSA) is 27.1 Å². The van der Waals surface area contributed by atoms with E-state index in [1.807, 2.05) is 30.0 Å². The average Bonchev–Trinajstić information content (AvgIpc) is 3.25. The molecule has 170 valence electrons. The summed E-state index contributed by atoms with van der Waals surface area (Å²) in [5.74, 6) is 2.04. The normalized spacial score (nSPS) is 12.0. The van der Waals surface area contributed by atoms with Gasteiger partial charge in [0.1, 0.15) is 11.6 Å². The molecule has 0 aliphatic heterocycles. The predicted octanol–water partition coefficient (Wildman–Crippen LogP) is 7.70. The van der Waals surface area contributed by atoms with Crippen LogP contribution in [-0.2, 0) is 6.54 Å². The van der Waals surface area contributed by atoms with Gasteiger partial charge in [0.2, 0.25) is 0 Å². The maximum absolute atomic E-state index is 6.09. The van der Waals surface area contributed by atoms with Crippen molar-refractivity contribution in [2.45, 2.75) is 30.0 Å². The highest BCUT2D eigenvalue weighted by molar-refractivity contribution is 7.99. The largest absolute Gasteiger partial charge is 0.493 e. The fraction of sp³-hybridized carbons (Fsp3) is 0.167. The van der Waals surface area contributed by atoms with Crippen LogP contribution in [0.4, 0.5) is 0 Å². The number of nitrogens with zero attached hydrogens (tertiary/aromatic N) is 2. The first-order chi connectivity index (χ1) is 16.8. The van der Waals surface area contributed by atoms with Crippen LogP contribution in [-0.4, -0.2) is 16.2 Å². The molecule has 1 heterocycles. The van der Waals surface area contributed by atoms with Crippen molar-refractivity contribution in [3.63, 3.8) is 0 Å². The molecule has 0 saturated carbocycles. The number of thioether (sulfide) groups is 1. The van der Waals surface area contributed by atoms with E-state index < -0.39 is 0 Å². The Labute approximate surface area is 205 Å². The second-order valence-electron chi connectivity index (χ2n) is 8.30. The summed E-state index contributed by atoms with van der Waals surface area (Å²) in [6, 6.07) is 37.9. The number of hydrogen-bond donors (Lipinski definition) is 0. The maximum atomic E-state index is 6.09. The maximum Gasteiger partial charge on any atom is 0.127 e. The van der Waals surface area contributed by atoms with Crippen molar-refractivity contribution in [1.82, 2.24) is 9.55 Å². The number of aromatic nitrogens is 2. The Hall–Kier alpha value is -3.50. The number of fused-ring (bicyclic) bond motifs is 1. The first kappa shape index (κ1) is 22.3. The third-order valence-electron chi connectivity index (χ3n) is 5.90. The van der Waals surface area contributed by atoms with Crippen LogP contribution in [0, 0.1) is 6.92 Å². The number of rotatable bonds is 9. The van der Waals surface area contributed by atoms with Gasteiger partial charge in [-0.25, -0.2) is 4.98 Å². The molecule has 0 aliphatic carbocycles. The molecule has 5 rings (SSSR count). The van der Waals surface area contributed by atoms with Gasteiger partial charge in [0.15, 0.2) is 0 Å². The number of ether oxygens (including phenoxy) is 1. The first-order valence-electron chi connectivity index (χ1n) is 11.7. The van der Waals surface area contributed by atoms with Crippen LogP contribution in [0.1, 0.15) is 28.6 Å². The van der Waals surface area contributed by atoms with Crippen molar-refractivity contribution in [2.24, 2.45) is 0 Å². The molecular weight excluding hydrogens is 436 g/mol. The van der Waals surface area contributed by atoms with Crippen molar-refractivity contribution >= 4 is 22.8 Å². The Morgan fingerprint density at radius 1 is 0.794 bits per heavy atom. The Balaban J connectivity index is 1.46. The van der Waals surface area contributed by atoms with Crippen LogP contribution in [0.5, 0.6) is 5.75 Å². The molecular formula is C30H28N2OS. The van der Waals surface area contributed by atoms with Crippen molar-refractivity contribution in [2.75, 3.05) is 6.61 Å². The fourth-order valence-electron chi connectivity index (χ4n) is 4.19. The standard InChI is InChI=1S/C30H28N2OS/c1-23-13-8-11-20-28(23)33-22-12-21-32-27-19-10-9-18-26(27)31-30(32)29(24-14-4-2-5-15-24)34-25-16-6-3-7-17-25/h2-11,13-20,29H,12,21-22H2,1H3.